The van der Waals surface area contributed by atoms with Crippen LogP contribution in [0.1, 0.15) is 31.2 Å². The number of thiocarbonyl (C=S) groups is 1. The van der Waals surface area contributed by atoms with Crippen LogP contribution in [-0.2, 0) is 9.59 Å². The maximum absolute atomic E-state index is 12.4. The predicted octanol–water partition coefficient (Wildman–Crippen LogP) is 3.50. The van der Waals surface area contributed by atoms with Gasteiger partial charge in [0.25, 0.3) is 5.91 Å². The van der Waals surface area contributed by atoms with Crippen molar-refractivity contribution in [3.05, 3.63) is 38.7 Å². The highest BCUT2D eigenvalue weighted by atomic mass is 35.5. The van der Waals surface area contributed by atoms with Gasteiger partial charge in [-0.05, 0) is 43.0 Å². The number of rotatable bonds is 7. The molecule has 0 atom stereocenters. The van der Waals surface area contributed by atoms with Crippen LogP contribution in [-0.4, -0.2) is 27.6 Å². The van der Waals surface area contributed by atoms with Gasteiger partial charge in [-0.3, -0.25) is 9.69 Å². The van der Waals surface area contributed by atoms with E-state index in [1.807, 2.05) is 0 Å². The standard InChI is InChI=1S/C16H15Cl2NO3S2/c17-11-6-5-10(12(18)9-11)8-13-15(22)19(16(23)24-13)7-3-1-2-4-14(20)21/h5-6,8-9H,1-4,7H2,(H,20,21)/p-1/b13-8-. The minimum absolute atomic E-state index is 0.0351. The van der Waals surface area contributed by atoms with E-state index in [9.17, 15) is 14.7 Å². The Balaban J connectivity index is 1.98. The Hall–Kier alpha value is -1.08. The predicted molar refractivity (Wildman–Crippen MR) is 99.8 cm³/mol. The summed E-state index contributed by atoms with van der Waals surface area (Å²) in [7, 11) is 0. The van der Waals surface area contributed by atoms with E-state index < -0.39 is 5.97 Å². The number of benzene rings is 1. The van der Waals surface area contributed by atoms with Crippen molar-refractivity contribution >= 4 is 69.5 Å². The molecule has 0 saturated carbocycles. The summed E-state index contributed by atoms with van der Waals surface area (Å²) in [6.07, 6.45) is 3.66. The van der Waals surface area contributed by atoms with Crippen molar-refractivity contribution in [3.63, 3.8) is 0 Å². The van der Waals surface area contributed by atoms with Crippen molar-refractivity contribution in [2.45, 2.75) is 25.7 Å². The molecule has 1 heterocycles. The summed E-state index contributed by atoms with van der Waals surface area (Å²) < 4.78 is 0.497. The van der Waals surface area contributed by atoms with Gasteiger partial charge in [0.05, 0.1) is 4.91 Å². The van der Waals surface area contributed by atoms with Gasteiger partial charge < -0.3 is 9.90 Å². The molecule has 0 N–H and O–H groups in total. The molecule has 128 valence electrons. The summed E-state index contributed by atoms with van der Waals surface area (Å²) in [4.78, 5) is 24.9. The summed E-state index contributed by atoms with van der Waals surface area (Å²) in [6, 6.07) is 5.07. The third kappa shape index (κ3) is 5.21. The van der Waals surface area contributed by atoms with Gasteiger partial charge in [0, 0.05) is 22.6 Å². The van der Waals surface area contributed by atoms with Crippen LogP contribution in [0.15, 0.2) is 23.1 Å². The Morgan fingerprint density at radius 2 is 2.04 bits per heavy atom. The van der Waals surface area contributed by atoms with E-state index in [-0.39, 0.29) is 12.3 Å². The van der Waals surface area contributed by atoms with Crippen molar-refractivity contribution in [2.24, 2.45) is 0 Å². The monoisotopic (exact) mass is 402 g/mol. The normalized spacial score (nSPS) is 16.2. The van der Waals surface area contributed by atoms with Gasteiger partial charge in [0.1, 0.15) is 4.32 Å². The molecule has 0 spiro atoms. The maximum Gasteiger partial charge on any atom is 0.266 e. The summed E-state index contributed by atoms with van der Waals surface area (Å²) in [6.45, 7) is 0.476. The number of thioether (sulfide) groups is 1. The molecular formula is C16H14Cl2NO3S2-. The summed E-state index contributed by atoms with van der Waals surface area (Å²) >= 11 is 18.5. The molecule has 1 aromatic carbocycles. The molecule has 1 fully saturated rings. The topological polar surface area (TPSA) is 60.4 Å². The SMILES string of the molecule is O=C([O-])CCCCCN1C(=O)/C(=C/c2ccc(Cl)cc2Cl)SC1=S. The van der Waals surface area contributed by atoms with Crippen molar-refractivity contribution in [3.8, 4) is 0 Å². The number of hydrogen-bond donors (Lipinski definition) is 0. The van der Waals surface area contributed by atoms with E-state index in [4.69, 9.17) is 35.4 Å². The van der Waals surface area contributed by atoms with Crippen molar-refractivity contribution in [2.75, 3.05) is 6.54 Å². The first kappa shape index (κ1) is 19.2. The van der Waals surface area contributed by atoms with Crippen LogP contribution in [0.2, 0.25) is 10.0 Å². The van der Waals surface area contributed by atoms with Crippen molar-refractivity contribution < 1.29 is 14.7 Å². The fourth-order valence-electron chi connectivity index (χ4n) is 2.17. The molecule has 24 heavy (non-hydrogen) atoms. The molecule has 1 amide bonds. The second-order valence-corrected chi connectivity index (χ2v) is 7.70. The lowest BCUT2D eigenvalue weighted by atomic mass is 10.2. The fourth-order valence-corrected chi connectivity index (χ4v) is 3.93. The summed E-state index contributed by atoms with van der Waals surface area (Å²) in [5.74, 6) is -1.21. The highest BCUT2D eigenvalue weighted by Gasteiger charge is 2.31. The van der Waals surface area contributed by atoms with Crippen molar-refractivity contribution in [1.82, 2.24) is 4.90 Å². The molecule has 1 aliphatic heterocycles. The van der Waals surface area contributed by atoms with E-state index in [0.717, 1.165) is 0 Å². The number of carbonyl (C=O) groups excluding carboxylic acids is 2. The Bertz CT molecular complexity index is 707. The highest BCUT2D eigenvalue weighted by Crippen LogP contribution is 2.34. The number of unbranched alkanes of at least 4 members (excludes halogenated alkanes) is 2. The summed E-state index contributed by atoms with van der Waals surface area (Å²) in [5, 5.41) is 11.4. The molecule has 8 heteroatoms. The van der Waals surface area contributed by atoms with Crippen LogP contribution >= 0.6 is 47.2 Å². The largest absolute Gasteiger partial charge is 0.550 e. The minimum Gasteiger partial charge on any atom is -0.550 e. The van der Waals surface area contributed by atoms with Crippen LogP contribution in [0.5, 0.6) is 0 Å². The van der Waals surface area contributed by atoms with Gasteiger partial charge in [-0.1, -0.05) is 59.7 Å². The molecule has 0 unspecified atom stereocenters. The average Bonchev–Trinajstić information content (AvgIpc) is 2.76. The zero-order valence-electron chi connectivity index (χ0n) is 12.6. The molecule has 1 saturated heterocycles. The van der Waals surface area contributed by atoms with Gasteiger partial charge in [0.2, 0.25) is 0 Å². The Labute approximate surface area is 159 Å². The third-order valence-electron chi connectivity index (χ3n) is 3.39. The zero-order valence-corrected chi connectivity index (χ0v) is 15.7. The fraction of sp³-hybridized carbons (Fsp3) is 0.312. The number of carboxylic acid groups (broad SMARTS) is 1. The smallest absolute Gasteiger partial charge is 0.266 e. The molecule has 0 aromatic heterocycles. The Morgan fingerprint density at radius 3 is 2.71 bits per heavy atom. The lowest BCUT2D eigenvalue weighted by Crippen LogP contribution is -2.29. The number of nitrogens with zero attached hydrogens (tertiary/aromatic N) is 1. The second-order valence-electron chi connectivity index (χ2n) is 5.18. The van der Waals surface area contributed by atoms with Gasteiger partial charge in [0.15, 0.2) is 0 Å². The third-order valence-corrected chi connectivity index (χ3v) is 5.33. The van der Waals surface area contributed by atoms with Gasteiger partial charge >= 0.3 is 0 Å². The Morgan fingerprint density at radius 1 is 1.29 bits per heavy atom. The average molecular weight is 403 g/mol. The number of carbonyl (C=O) groups is 2. The van der Waals surface area contributed by atoms with E-state index in [2.05, 4.69) is 0 Å². The lowest BCUT2D eigenvalue weighted by molar-refractivity contribution is -0.305. The number of carboxylic acids is 1. The quantitative estimate of drug-likeness (QED) is 0.396. The summed E-state index contributed by atoms with van der Waals surface area (Å²) in [5.41, 5.74) is 0.704. The molecule has 0 radical (unpaired) electrons. The molecule has 2 rings (SSSR count). The van der Waals surface area contributed by atoms with E-state index in [1.165, 1.54) is 16.7 Å². The Kier molecular flexibility index (Phi) is 7.10. The van der Waals surface area contributed by atoms with Crippen LogP contribution in [0, 0.1) is 0 Å². The molecule has 1 aliphatic rings. The van der Waals surface area contributed by atoms with Gasteiger partial charge in [-0.15, -0.1) is 0 Å². The molecular weight excluding hydrogens is 389 g/mol. The zero-order chi connectivity index (χ0) is 17.7. The van der Waals surface area contributed by atoms with Crippen LogP contribution in [0.3, 0.4) is 0 Å². The van der Waals surface area contributed by atoms with Crippen LogP contribution < -0.4 is 5.11 Å². The number of aliphatic carboxylic acids is 1. The van der Waals surface area contributed by atoms with E-state index >= 15 is 0 Å². The van der Waals surface area contributed by atoms with E-state index in [1.54, 1.807) is 24.3 Å². The molecule has 1 aromatic rings. The second kappa shape index (κ2) is 8.85. The minimum atomic E-state index is -1.05. The molecule has 4 nitrogen and oxygen atoms in total. The number of halogens is 2. The first-order valence-electron chi connectivity index (χ1n) is 7.29. The maximum atomic E-state index is 12.4. The van der Waals surface area contributed by atoms with Crippen LogP contribution in [0.25, 0.3) is 6.08 Å². The lowest BCUT2D eigenvalue weighted by Gasteiger charge is -2.14. The first-order valence-corrected chi connectivity index (χ1v) is 9.27. The van der Waals surface area contributed by atoms with Gasteiger partial charge in [-0.2, -0.15) is 0 Å². The highest BCUT2D eigenvalue weighted by molar-refractivity contribution is 8.26. The van der Waals surface area contributed by atoms with Gasteiger partial charge in [-0.25, -0.2) is 0 Å². The number of amides is 1. The molecule has 0 aliphatic carbocycles. The van der Waals surface area contributed by atoms with Crippen LogP contribution in [0.4, 0.5) is 0 Å². The first-order chi connectivity index (χ1) is 11.4. The number of hydrogen-bond acceptors (Lipinski definition) is 5. The molecule has 0 bridgehead atoms. The van der Waals surface area contributed by atoms with Crippen molar-refractivity contribution in [1.29, 1.82) is 0 Å². The van der Waals surface area contributed by atoms with E-state index in [0.29, 0.717) is 50.6 Å².